The molecule has 0 aliphatic carbocycles. The minimum atomic E-state index is -0.132. The number of likely N-dealkylation sites (tertiary alicyclic amines) is 1. The number of halogens is 1. The third-order valence-corrected chi connectivity index (χ3v) is 6.37. The van der Waals surface area contributed by atoms with E-state index in [2.05, 4.69) is 50.4 Å². The zero-order valence-corrected chi connectivity index (χ0v) is 18.7. The monoisotopic (exact) mass is 466 g/mol. The number of carbonyl (C=O) groups is 1. The van der Waals surface area contributed by atoms with Crippen LogP contribution in [0.25, 0.3) is 10.8 Å². The standard InChI is InChI=1S/C25H27BrN2O2/c26-25-22-7-3-2-6-21(22)12-13-23(25)30-18-24(29)27-16-19-8-10-20(11-9-19)17-28-14-4-1-5-15-28/h2-3,6-13H,1,4-5,14-18H2,(H,27,29). The summed E-state index contributed by atoms with van der Waals surface area (Å²) in [5.74, 6) is 0.540. The van der Waals surface area contributed by atoms with Crippen molar-refractivity contribution in [2.75, 3.05) is 19.7 Å². The van der Waals surface area contributed by atoms with Gasteiger partial charge in [-0.25, -0.2) is 0 Å². The van der Waals surface area contributed by atoms with Crippen molar-refractivity contribution in [1.29, 1.82) is 0 Å². The summed E-state index contributed by atoms with van der Waals surface area (Å²) >= 11 is 3.59. The lowest BCUT2D eigenvalue weighted by molar-refractivity contribution is -0.123. The van der Waals surface area contributed by atoms with Gasteiger partial charge in [-0.2, -0.15) is 0 Å². The molecule has 1 amide bonds. The number of ether oxygens (including phenoxy) is 1. The molecule has 0 radical (unpaired) electrons. The molecule has 0 atom stereocenters. The van der Waals surface area contributed by atoms with Crippen molar-refractivity contribution in [2.24, 2.45) is 0 Å². The van der Waals surface area contributed by atoms with Crippen molar-refractivity contribution in [3.8, 4) is 5.75 Å². The van der Waals surface area contributed by atoms with Crippen molar-refractivity contribution in [3.63, 3.8) is 0 Å². The summed E-state index contributed by atoms with van der Waals surface area (Å²) in [5.41, 5.74) is 2.43. The average Bonchev–Trinajstić information content (AvgIpc) is 2.79. The first-order valence-corrected chi connectivity index (χ1v) is 11.4. The number of nitrogens with one attached hydrogen (secondary N) is 1. The Bertz CT molecular complexity index is 998. The molecule has 4 nitrogen and oxygen atoms in total. The van der Waals surface area contributed by atoms with Gasteiger partial charge in [0.1, 0.15) is 5.75 Å². The lowest BCUT2D eigenvalue weighted by Crippen LogP contribution is -2.29. The Labute approximate surface area is 186 Å². The molecule has 1 aliphatic heterocycles. The molecule has 30 heavy (non-hydrogen) atoms. The van der Waals surface area contributed by atoms with E-state index < -0.39 is 0 Å². The first-order chi connectivity index (χ1) is 14.7. The van der Waals surface area contributed by atoms with Gasteiger partial charge >= 0.3 is 0 Å². The van der Waals surface area contributed by atoms with E-state index in [1.54, 1.807) is 0 Å². The van der Waals surface area contributed by atoms with Crippen LogP contribution in [0.5, 0.6) is 5.75 Å². The van der Waals surface area contributed by atoms with Crippen LogP contribution in [0.3, 0.4) is 0 Å². The van der Waals surface area contributed by atoms with E-state index in [-0.39, 0.29) is 12.5 Å². The van der Waals surface area contributed by atoms with Gasteiger partial charge in [-0.1, -0.05) is 61.0 Å². The zero-order valence-electron chi connectivity index (χ0n) is 17.1. The first-order valence-electron chi connectivity index (χ1n) is 10.6. The number of piperidine rings is 1. The number of hydrogen-bond acceptors (Lipinski definition) is 3. The fourth-order valence-corrected chi connectivity index (χ4v) is 4.47. The Morgan fingerprint density at radius 2 is 1.67 bits per heavy atom. The molecule has 1 saturated heterocycles. The summed E-state index contributed by atoms with van der Waals surface area (Å²) in [5, 5.41) is 5.14. The quantitative estimate of drug-likeness (QED) is 0.514. The van der Waals surface area contributed by atoms with E-state index in [1.807, 2.05) is 36.4 Å². The summed E-state index contributed by atoms with van der Waals surface area (Å²) < 4.78 is 6.61. The van der Waals surface area contributed by atoms with E-state index >= 15 is 0 Å². The Morgan fingerprint density at radius 1 is 0.933 bits per heavy atom. The molecule has 4 rings (SSSR count). The maximum absolute atomic E-state index is 12.2. The molecule has 0 bridgehead atoms. The smallest absolute Gasteiger partial charge is 0.258 e. The largest absolute Gasteiger partial charge is 0.483 e. The molecule has 1 heterocycles. The number of carbonyl (C=O) groups excluding carboxylic acids is 1. The lowest BCUT2D eigenvalue weighted by atomic mass is 10.1. The third-order valence-electron chi connectivity index (χ3n) is 5.55. The Hall–Kier alpha value is -2.37. The second kappa shape index (κ2) is 10.1. The fourth-order valence-electron chi connectivity index (χ4n) is 3.86. The van der Waals surface area contributed by atoms with Crippen molar-refractivity contribution < 1.29 is 9.53 Å². The van der Waals surface area contributed by atoms with Crippen LogP contribution in [0.15, 0.2) is 65.1 Å². The van der Waals surface area contributed by atoms with Crippen molar-refractivity contribution in [3.05, 3.63) is 76.3 Å². The number of amides is 1. The molecule has 0 unspecified atom stereocenters. The molecule has 1 aliphatic rings. The predicted octanol–water partition coefficient (Wildman–Crippen LogP) is 5.28. The highest BCUT2D eigenvalue weighted by Crippen LogP contribution is 2.32. The van der Waals surface area contributed by atoms with Crippen LogP contribution in [0, 0.1) is 0 Å². The van der Waals surface area contributed by atoms with Crippen molar-refractivity contribution in [1.82, 2.24) is 10.2 Å². The van der Waals surface area contributed by atoms with Crippen molar-refractivity contribution >= 4 is 32.6 Å². The van der Waals surface area contributed by atoms with E-state index in [0.717, 1.165) is 27.4 Å². The topological polar surface area (TPSA) is 41.6 Å². The number of benzene rings is 3. The number of nitrogens with zero attached hydrogens (tertiary/aromatic N) is 1. The van der Waals surface area contributed by atoms with Gasteiger partial charge in [0, 0.05) is 13.1 Å². The molecule has 1 N–H and O–H groups in total. The van der Waals surface area contributed by atoms with Crippen LogP contribution in [-0.2, 0) is 17.9 Å². The second-order valence-corrected chi connectivity index (χ2v) is 8.61. The van der Waals surface area contributed by atoms with Crippen LogP contribution in [-0.4, -0.2) is 30.5 Å². The summed E-state index contributed by atoms with van der Waals surface area (Å²) in [6.07, 6.45) is 3.97. The molecule has 5 heteroatoms. The van der Waals surface area contributed by atoms with Gasteiger partial charge in [0.05, 0.1) is 4.47 Å². The lowest BCUT2D eigenvalue weighted by Gasteiger charge is -2.26. The Kier molecular flexibility index (Phi) is 7.03. The Morgan fingerprint density at radius 3 is 2.47 bits per heavy atom. The molecule has 0 saturated carbocycles. The molecule has 1 fully saturated rings. The van der Waals surface area contributed by atoms with Crippen molar-refractivity contribution in [2.45, 2.75) is 32.4 Å². The van der Waals surface area contributed by atoms with E-state index in [9.17, 15) is 4.79 Å². The van der Waals surface area contributed by atoms with Gasteiger partial charge in [0.15, 0.2) is 6.61 Å². The van der Waals surface area contributed by atoms with Crippen LogP contribution in [0.2, 0.25) is 0 Å². The van der Waals surface area contributed by atoms with Gasteiger partial charge in [-0.3, -0.25) is 9.69 Å². The van der Waals surface area contributed by atoms with Gasteiger partial charge in [0.25, 0.3) is 5.91 Å². The predicted molar refractivity (Wildman–Crippen MR) is 125 cm³/mol. The highest BCUT2D eigenvalue weighted by molar-refractivity contribution is 9.10. The average molecular weight is 467 g/mol. The van der Waals surface area contributed by atoms with Gasteiger partial charge in [-0.05, 0) is 69.8 Å². The second-order valence-electron chi connectivity index (χ2n) is 7.82. The maximum atomic E-state index is 12.2. The summed E-state index contributed by atoms with van der Waals surface area (Å²) in [6, 6.07) is 20.5. The SMILES string of the molecule is O=C(COc1ccc2ccccc2c1Br)NCc1ccc(CN2CCCCC2)cc1. The highest BCUT2D eigenvalue weighted by Gasteiger charge is 2.11. The molecule has 0 spiro atoms. The van der Waals surface area contributed by atoms with Crippen LogP contribution in [0.4, 0.5) is 0 Å². The molecule has 3 aromatic carbocycles. The summed E-state index contributed by atoms with van der Waals surface area (Å²) in [4.78, 5) is 14.8. The first kappa shape index (κ1) is 20.9. The van der Waals surface area contributed by atoms with Gasteiger partial charge in [0.2, 0.25) is 0 Å². The molecule has 0 aromatic heterocycles. The Balaban J connectivity index is 1.25. The van der Waals surface area contributed by atoms with Gasteiger partial charge < -0.3 is 10.1 Å². The van der Waals surface area contributed by atoms with E-state index in [4.69, 9.17) is 4.74 Å². The summed E-state index contributed by atoms with van der Waals surface area (Å²) in [7, 11) is 0. The van der Waals surface area contributed by atoms with Gasteiger partial charge in [-0.15, -0.1) is 0 Å². The minimum absolute atomic E-state index is 0.00994. The maximum Gasteiger partial charge on any atom is 0.258 e. The third kappa shape index (κ3) is 5.41. The molecule has 156 valence electrons. The van der Waals surface area contributed by atoms with E-state index in [1.165, 1.54) is 37.9 Å². The normalized spacial score (nSPS) is 14.6. The number of fused-ring (bicyclic) bond motifs is 1. The number of hydrogen-bond donors (Lipinski definition) is 1. The summed E-state index contributed by atoms with van der Waals surface area (Å²) in [6.45, 7) is 3.91. The van der Waals surface area contributed by atoms with Crippen LogP contribution in [0.1, 0.15) is 30.4 Å². The minimum Gasteiger partial charge on any atom is -0.483 e. The number of rotatable bonds is 7. The van der Waals surface area contributed by atoms with E-state index in [0.29, 0.717) is 12.3 Å². The molecular weight excluding hydrogens is 440 g/mol. The molecular formula is C25H27BrN2O2. The zero-order chi connectivity index (χ0) is 20.8. The highest BCUT2D eigenvalue weighted by atomic mass is 79.9. The van der Waals surface area contributed by atoms with Crippen LogP contribution < -0.4 is 10.1 Å². The fraction of sp³-hybridized carbons (Fsp3) is 0.320. The van der Waals surface area contributed by atoms with Crippen LogP contribution >= 0.6 is 15.9 Å². The molecule has 3 aromatic rings.